The van der Waals surface area contributed by atoms with E-state index in [0.717, 1.165) is 49.6 Å². The van der Waals surface area contributed by atoms with Crippen LogP contribution in [0.3, 0.4) is 0 Å². The summed E-state index contributed by atoms with van der Waals surface area (Å²) in [5, 5.41) is 3.78. The van der Waals surface area contributed by atoms with E-state index < -0.39 is 0 Å². The molecule has 2 aromatic carbocycles. The average molecular weight is 414 g/mol. The number of rotatable bonds is 9. The lowest BCUT2D eigenvalue weighted by atomic mass is 10.1. The molecule has 0 aliphatic carbocycles. The second-order valence-corrected chi connectivity index (χ2v) is 8.22. The normalized spacial score (nSPS) is 15.4. The number of aryl methyl sites for hydroxylation is 1. The Morgan fingerprint density at radius 2 is 1.48 bits per heavy atom. The van der Waals surface area contributed by atoms with Gasteiger partial charge in [0.25, 0.3) is 0 Å². The molecule has 1 N–H and O–H groups in total. The molecule has 5 heteroatoms. The second kappa shape index (κ2) is 11.3. The number of likely N-dealkylation sites (N-methyl/N-ethyl adjacent to an activating group) is 1. The van der Waals surface area contributed by atoms with Crippen LogP contribution in [0, 0.1) is 0 Å². The van der Waals surface area contributed by atoms with Crippen LogP contribution >= 0.6 is 11.6 Å². The summed E-state index contributed by atoms with van der Waals surface area (Å²) < 4.78 is 0. The minimum absolute atomic E-state index is 0.108. The van der Waals surface area contributed by atoms with E-state index >= 15 is 0 Å². The molecule has 2 aromatic rings. The van der Waals surface area contributed by atoms with E-state index in [4.69, 9.17) is 11.6 Å². The van der Waals surface area contributed by atoms with E-state index in [2.05, 4.69) is 46.3 Å². The number of nitrogens with one attached hydrogen (secondary N) is 1. The zero-order chi connectivity index (χ0) is 20.5. The Labute approximate surface area is 179 Å². The molecule has 0 atom stereocenters. The van der Waals surface area contributed by atoms with Crippen LogP contribution in [0.15, 0.2) is 48.5 Å². The summed E-state index contributed by atoms with van der Waals surface area (Å²) in [4.78, 5) is 17.1. The van der Waals surface area contributed by atoms with E-state index in [-0.39, 0.29) is 5.91 Å². The SMILES string of the molecule is CCN1CCN(Cc2ccc(CNC(=O)CCCc3ccc(Cl)cc3)cc2)CC1. The largest absolute Gasteiger partial charge is 0.352 e. The van der Waals surface area contributed by atoms with Gasteiger partial charge in [0.05, 0.1) is 0 Å². The lowest BCUT2D eigenvalue weighted by Crippen LogP contribution is -2.45. The predicted octanol–water partition coefficient (Wildman–Crippen LogP) is 4.12. The summed E-state index contributed by atoms with van der Waals surface area (Å²) in [7, 11) is 0. The lowest BCUT2D eigenvalue weighted by Gasteiger charge is -2.34. The highest BCUT2D eigenvalue weighted by Crippen LogP contribution is 2.12. The van der Waals surface area contributed by atoms with Gasteiger partial charge in [0.2, 0.25) is 5.91 Å². The number of halogens is 1. The van der Waals surface area contributed by atoms with Gasteiger partial charge in [0.1, 0.15) is 0 Å². The number of nitrogens with zero attached hydrogens (tertiary/aromatic N) is 2. The average Bonchev–Trinajstić information content (AvgIpc) is 2.75. The Bertz CT molecular complexity index is 753. The summed E-state index contributed by atoms with van der Waals surface area (Å²) in [5.74, 6) is 0.108. The highest BCUT2D eigenvalue weighted by Gasteiger charge is 2.15. The molecule has 1 saturated heterocycles. The van der Waals surface area contributed by atoms with Crippen molar-refractivity contribution < 1.29 is 4.79 Å². The van der Waals surface area contributed by atoms with Gasteiger partial charge in [-0.3, -0.25) is 9.69 Å². The van der Waals surface area contributed by atoms with Gasteiger partial charge >= 0.3 is 0 Å². The molecule has 29 heavy (non-hydrogen) atoms. The van der Waals surface area contributed by atoms with E-state index in [9.17, 15) is 4.79 Å². The first-order valence-corrected chi connectivity index (χ1v) is 11.0. The standard InChI is InChI=1S/C24H32ClN3O/c1-2-27-14-16-28(17-15-27)19-22-8-6-21(7-9-22)18-26-24(29)5-3-4-20-10-12-23(25)13-11-20/h6-13H,2-5,14-19H2,1H3,(H,26,29). The fourth-order valence-corrected chi connectivity index (χ4v) is 3.80. The number of hydrogen-bond acceptors (Lipinski definition) is 3. The fourth-order valence-electron chi connectivity index (χ4n) is 3.68. The zero-order valence-corrected chi connectivity index (χ0v) is 18.1. The van der Waals surface area contributed by atoms with Crippen molar-refractivity contribution in [3.63, 3.8) is 0 Å². The van der Waals surface area contributed by atoms with Crippen LogP contribution in [0.5, 0.6) is 0 Å². The Morgan fingerprint density at radius 1 is 0.897 bits per heavy atom. The highest BCUT2D eigenvalue weighted by atomic mass is 35.5. The highest BCUT2D eigenvalue weighted by molar-refractivity contribution is 6.30. The number of amides is 1. The molecule has 1 heterocycles. The van der Waals surface area contributed by atoms with Crippen molar-refractivity contribution in [2.45, 2.75) is 39.3 Å². The first-order chi connectivity index (χ1) is 14.1. The first-order valence-electron chi connectivity index (χ1n) is 10.7. The van der Waals surface area contributed by atoms with Crippen molar-refractivity contribution in [1.29, 1.82) is 0 Å². The molecule has 0 bridgehead atoms. The maximum Gasteiger partial charge on any atom is 0.220 e. The minimum atomic E-state index is 0.108. The summed E-state index contributed by atoms with van der Waals surface area (Å²) in [6.07, 6.45) is 2.29. The van der Waals surface area contributed by atoms with Crippen LogP contribution in [0.1, 0.15) is 36.5 Å². The molecular formula is C24H32ClN3O. The smallest absolute Gasteiger partial charge is 0.220 e. The molecule has 1 fully saturated rings. The third-order valence-electron chi connectivity index (χ3n) is 5.61. The van der Waals surface area contributed by atoms with Crippen molar-refractivity contribution >= 4 is 17.5 Å². The Kier molecular flexibility index (Phi) is 8.53. The van der Waals surface area contributed by atoms with Crippen LogP contribution in [0.25, 0.3) is 0 Å². The molecule has 3 rings (SSSR count). The van der Waals surface area contributed by atoms with Crippen LogP contribution < -0.4 is 5.32 Å². The van der Waals surface area contributed by atoms with E-state index in [0.29, 0.717) is 13.0 Å². The Balaban J connectivity index is 1.34. The Morgan fingerprint density at radius 3 is 2.14 bits per heavy atom. The number of piperazine rings is 1. The third-order valence-corrected chi connectivity index (χ3v) is 5.87. The monoisotopic (exact) mass is 413 g/mol. The second-order valence-electron chi connectivity index (χ2n) is 7.78. The van der Waals surface area contributed by atoms with Crippen molar-refractivity contribution in [2.24, 2.45) is 0 Å². The Hall–Kier alpha value is -1.88. The van der Waals surface area contributed by atoms with E-state index in [1.54, 1.807) is 0 Å². The molecule has 0 spiro atoms. The van der Waals surface area contributed by atoms with Gasteiger partial charge in [0.15, 0.2) is 0 Å². The molecule has 0 aromatic heterocycles. The summed E-state index contributed by atoms with van der Waals surface area (Å²) in [5.41, 5.74) is 3.71. The molecule has 0 saturated carbocycles. The van der Waals surface area contributed by atoms with Gasteiger partial charge in [-0.15, -0.1) is 0 Å². The number of carbonyl (C=O) groups is 1. The maximum absolute atomic E-state index is 12.1. The molecule has 1 aliphatic heterocycles. The zero-order valence-electron chi connectivity index (χ0n) is 17.4. The van der Waals surface area contributed by atoms with Gasteiger partial charge in [-0.1, -0.05) is 54.9 Å². The van der Waals surface area contributed by atoms with Crippen molar-refractivity contribution in [3.05, 3.63) is 70.2 Å². The first kappa shape index (κ1) is 21.8. The topological polar surface area (TPSA) is 35.6 Å². The molecule has 156 valence electrons. The molecule has 1 amide bonds. The van der Waals surface area contributed by atoms with E-state index in [1.807, 2.05) is 24.3 Å². The van der Waals surface area contributed by atoms with Crippen LogP contribution in [0.2, 0.25) is 5.02 Å². The van der Waals surface area contributed by atoms with Crippen molar-refractivity contribution in [3.8, 4) is 0 Å². The van der Waals surface area contributed by atoms with Gasteiger partial charge in [0, 0.05) is 50.7 Å². The number of benzene rings is 2. The minimum Gasteiger partial charge on any atom is -0.352 e. The van der Waals surface area contributed by atoms with Crippen LogP contribution in [-0.2, 0) is 24.3 Å². The molecule has 1 aliphatic rings. The van der Waals surface area contributed by atoms with Gasteiger partial charge in [-0.25, -0.2) is 0 Å². The quantitative estimate of drug-likeness (QED) is 0.671. The predicted molar refractivity (Wildman–Crippen MR) is 120 cm³/mol. The summed E-state index contributed by atoms with van der Waals surface area (Å²) >= 11 is 5.90. The summed E-state index contributed by atoms with van der Waals surface area (Å²) in [6.45, 7) is 9.59. The maximum atomic E-state index is 12.1. The number of carbonyl (C=O) groups excluding carboxylic acids is 1. The van der Waals surface area contributed by atoms with E-state index in [1.165, 1.54) is 24.2 Å². The van der Waals surface area contributed by atoms with Crippen LogP contribution in [-0.4, -0.2) is 48.4 Å². The van der Waals surface area contributed by atoms with Crippen molar-refractivity contribution in [1.82, 2.24) is 15.1 Å². The molecule has 0 unspecified atom stereocenters. The number of hydrogen-bond donors (Lipinski definition) is 1. The molecule has 0 radical (unpaired) electrons. The molecular weight excluding hydrogens is 382 g/mol. The van der Waals surface area contributed by atoms with Crippen LogP contribution in [0.4, 0.5) is 0 Å². The van der Waals surface area contributed by atoms with Crippen molar-refractivity contribution in [2.75, 3.05) is 32.7 Å². The van der Waals surface area contributed by atoms with Gasteiger partial charge < -0.3 is 10.2 Å². The fraction of sp³-hybridized carbons (Fsp3) is 0.458. The lowest BCUT2D eigenvalue weighted by molar-refractivity contribution is -0.121. The van der Waals surface area contributed by atoms with Gasteiger partial charge in [-0.2, -0.15) is 0 Å². The molecule has 4 nitrogen and oxygen atoms in total. The van der Waals surface area contributed by atoms with Gasteiger partial charge in [-0.05, 0) is 48.2 Å². The third kappa shape index (κ3) is 7.46. The summed E-state index contributed by atoms with van der Waals surface area (Å²) in [6, 6.07) is 16.5.